The number of carbonyl (C=O) groups excluding carboxylic acids is 1. The van der Waals surface area contributed by atoms with Gasteiger partial charge in [-0.2, -0.15) is 8.78 Å². The monoisotopic (exact) mass is 470 g/mol. The van der Waals surface area contributed by atoms with Gasteiger partial charge in [0.15, 0.2) is 0 Å². The first-order valence-corrected chi connectivity index (χ1v) is 11.2. The van der Waals surface area contributed by atoms with Crippen molar-refractivity contribution in [3.05, 3.63) is 54.2 Å². The van der Waals surface area contributed by atoms with E-state index in [-0.39, 0.29) is 12.4 Å². The van der Waals surface area contributed by atoms with Crippen molar-refractivity contribution in [1.82, 2.24) is 20.1 Å². The van der Waals surface area contributed by atoms with E-state index in [4.69, 9.17) is 4.42 Å². The lowest BCUT2D eigenvalue weighted by Crippen LogP contribution is -2.36. The molecule has 0 atom stereocenters. The maximum atomic E-state index is 12.7. The second kappa shape index (κ2) is 10.7. The number of piperidine rings is 1. The summed E-state index contributed by atoms with van der Waals surface area (Å²) in [6, 6.07) is 11.2. The number of hydrogen-bond donors (Lipinski definition) is 0. The van der Waals surface area contributed by atoms with E-state index in [9.17, 15) is 13.6 Å². The zero-order valence-electron chi connectivity index (χ0n) is 19.3. The third-order valence-electron chi connectivity index (χ3n) is 6.13. The van der Waals surface area contributed by atoms with E-state index in [1.54, 1.807) is 17.0 Å². The smallest absolute Gasteiger partial charge is 0.314 e. The predicted octanol–water partition coefficient (Wildman–Crippen LogP) is 4.01. The van der Waals surface area contributed by atoms with Crippen LogP contribution in [0.4, 0.5) is 20.2 Å². The summed E-state index contributed by atoms with van der Waals surface area (Å²) in [6.45, 7) is 3.40. The van der Waals surface area contributed by atoms with Crippen molar-refractivity contribution in [2.24, 2.45) is 5.92 Å². The zero-order chi connectivity index (χ0) is 24.1. The second-order valence-electron chi connectivity index (χ2n) is 8.63. The molecule has 2 aromatic heterocycles. The number of likely N-dealkylation sites (tertiary alicyclic amines) is 1. The van der Waals surface area contributed by atoms with E-state index in [1.165, 1.54) is 6.20 Å². The van der Waals surface area contributed by atoms with Crippen LogP contribution in [-0.2, 0) is 11.3 Å². The Balaban J connectivity index is 1.46. The van der Waals surface area contributed by atoms with Crippen molar-refractivity contribution >= 4 is 17.8 Å². The molecular formula is C24H28F2N6O2. The van der Waals surface area contributed by atoms with E-state index < -0.39 is 12.3 Å². The Bertz CT molecular complexity index is 1080. The summed E-state index contributed by atoms with van der Waals surface area (Å²) in [6.07, 6.45) is 1.77. The van der Waals surface area contributed by atoms with Crippen molar-refractivity contribution in [3.63, 3.8) is 0 Å². The van der Waals surface area contributed by atoms with Crippen molar-refractivity contribution in [2.45, 2.75) is 25.8 Å². The molecule has 0 saturated carbocycles. The first-order chi connectivity index (χ1) is 16.4. The highest BCUT2D eigenvalue weighted by atomic mass is 19.3. The number of hydrogen-bond acceptors (Lipinski definition) is 7. The molecule has 1 amide bonds. The molecule has 1 saturated heterocycles. The van der Waals surface area contributed by atoms with Gasteiger partial charge >= 0.3 is 6.43 Å². The van der Waals surface area contributed by atoms with E-state index >= 15 is 0 Å². The molecule has 3 aromatic rings. The minimum Gasteiger partial charge on any atom is -0.415 e. The predicted molar refractivity (Wildman–Crippen MR) is 125 cm³/mol. The minimum absolute atomic E-state index is 0.0255. The highest BCUT2D eigenvalue weighted by molar-refractivity contribution is 5.83. The maximum absolute atomic E-state index is 12.7. The van der Waals surface area contributed by atoms with Gasteiger partial charge in [-0.25, -0.2) is 0 Å². The van der Waals surface area contributed by atoms with Gasteiger partial charge in [0.25, 0.3) is 5.89 Å². The molecule has 34 heavy (non-hydrogen) atoms. The number of para-hydroxylation sites is 2. The molecule has 0 N–H and O–H groups in total. The van der Waals surface area contributed by atoms with E-state index in [1.807, 2.05) is 24.3 Å². The van der Waals surface area contributed by atoms with Crippen LogP contribution in [0.1, 0.15) is 30.9 Å². The van der Waals surface area contributed by atoms with Gasteiger partial charge in [-0.15, -0.1) is 10.2 Å². The van der Waals surface area contributed by atoms with Crippen LogP contribution in [0.25, 0.3) is 11.5 Å². The number of halogens is 2. The Morgan fingerprint density at radius 1 is 1.15 bits per heavy atom. The number of nitrogens with zero attached hydrogens (tertiary/aromatic N) is 6. The molecule has 8 nitrogen and oxygen atoms in total. The van der Waals surface area contributed by atoms with Crippen molar-refractivity contribution in [3.8, 4) is 11.5 Å². The van der Waals surface area contributed by atoms with Gasteiger partial charge in [-0.1, -0.05) is 12.1 Å². The molecule has 180 valence electrons. The molecule has 1 aliphatic heterocycles. The van der Waals surface area contributed by atoms with E-state index in [2.05, 4.69) is 39.1 Å². The van der Waals surface area contributed by atoms with Crippen LogP contribution in [0.5, 0.6) is 0 Å². The van der Waals surface area contributed by atoms with Gasteiger partial charge in [-0.05, 0) is 63.2 Å². The van der Waals surface area contributed by atoms with Gasteiger partial charge in [0.05, 0.1) is 29.2 Å². The largest absolute Gasteiger partial charge is 0.415 e. The van der Waals surface area contributed by atoms with Crippen molar-refractivity contribution in [2.75, 3.05) is 43.5 Å². The third-order valence-corrected chi connectivity index (χ3v) is 6.13. The second-order valence-corrected chi connectivity index (χ2v) is 8.63. The van der Waals surface area contributed by atoms with Gasteiger partial charge in [0, 0.05) is 19.8 Å². The van der Waals surface area contributed by atoms with Crippen molar-refractivity contribution in [1.29, 1.82) is 0 Å². The number of benzene rings is 1. The normalized spacial score (nSPS) is 15.0. The number of anilines is 2. The summed E-state index contributed by atoms with van der Waals surface area (Å²) in [5, 5.41) is 6.97. The molecule has 4 rings (SSSR count). The number of alkyl halides is 2. The highest BCUT2D eigenvalue weighted by Crippen LogP contribution is 2.31. The van der Waals surface area contributed by atoms with Crippen LogP contribution in [0.3, 0.4) is 0 Å². The summed E-state index contributed by atoms with van der Waals surface area (Å²) >= 11 is 0. The number of carbonyl (C=O) groups is 1. The molecule has 1 fully saturated rings. The first-order valence-electron chi connectivity index (χ1n) is 11.2. The van der Waals surface area contributed by atoms with Crippen molar-refractivity contribution < 1.29 is 18.0 Å². The molecule has 0 unspecified atom stereocenters. The topological polar surface area (TPSA) is 78.6 Å². The van der Waals surface area contributed by atoms with Crippen LogP contribution >= 0.6 is 0 Å². The fraction of sp³-hybridized carbons (Fsp3) is 0.417. The average molecular weight is 471 g/mol. The molecule has 0 radical (unpaired) electrons. The molecule has 0 bridgehead atoms. The van der Waals surface area contributed by atoms with Gasteiger partial charge < -0.3 is 19.1 Å². The van der Waals surface area contributed by atoms with Crippen LogP contribution in [0, 0.1) is 5.92 Å². The van der Waals surface area contributed by atoms with Crippen LogP contribution in [0.15, 0.2) is 47.0 Å². The van der Waals surface area contributed by atoms with Crippen LogP contribution < -0.4 is 9.80 Å². The summed E-state index contributed by atoms with van der Waals surface area (Å²) < 4.78 is 30.3. The minimum atomic E-state index is -2.83. The third kappa shape index (κ3) is 5.56. The van der Waals surface area contributed by atoms with Gasteiger partial charge in [0.2, 0.25) is 12.3 Å². The quantitative estimate of drug-likeness (QED) is 0.437. The SMILES string of the molecule is CN1CCC(CN(C)c2ccccc2N(C=O)Cc2ccc(-c3nnc(C(F)F)o3)cn2)CC1. The highest BCUT2D eigenvalue weighted by Gasteiger charge is 2.21. The zero-order valence-corrected chi connectivity index (χ0v) is 19.3. The summed E-state index contributed by atoms with van der Waals surface area (Å²) in [4.78, 5) is 22.6. The Kier molecular flexibility index (Phi) is 7.46. The lowest BCUT2D eigenvalue weighted by molar-refractivity contribution is -0.107. The number of aromatic nitrogens is 3. The molecule has 3 heterocycles. The number of rotatable bonds is 9. The molecule has 0 aliphatic carbocycles. The molecule has 1 aliphatic rings. The molecular weight excluding hydrogens is 442 g/mol. The maximum Gasteiger partial charge on any atom is 0.314 e. The number of pyridine rings is 1. The molecule has 10 heteroatoms. The standard InChI is InChI=1S/C24H28F2N6O2/c1-30-11-9-17(10-12-30)14-31(2)20-5-3-4-6-21(20)32(16-33)15-19-8-7-18(13-27-19)23-28-29-24(34-23)22(25)26/h3-8,13,16-17,22H,9-12,14-15H2,1-2H3. The van der Waals surface area contributed by atoms with Gasteiger partial charge in [0.1, 0.15) is 0 Å². The van der Waals surface area contributed by atoms with E-state index in [0.717, 1.165) is 50.3 Å². The van der Waals surface area contributed by atoms with Crippen LogP contribution in [0.2, 0.25) is 0 Å². The first kappa shape index (κ1) is 23.7. The fourth-order valence-corrected chi connectivity index (χ4v) is 4.20. The Morgan fingerprint density at radius 3 is 2.50 bits per heavy atom. The average Bonchev–Trinajstić information content (AvgIpc) is 3.35. The molecule has 0 spiro atoms. The lowest BCUT2D eigenvalue weighted by Gasteiger charge is -2.34. The Hall–Kier alpha value is -3.40. The fourth-order valence-electron chi connectivity index (χ4n) is 4.20. The molecule has 1 aromatic carbocycles. The Morgan fingerprint density at radius 2 is 1.88 bits per heavy atom. The van der Waals surface area contributed by atoms with Crippen LogP contribution in [-0.4, -0.2) is 60.2 Å². The Labute approximate surface area is 197 Å². The lowest BCUT2D eigenvalue weighted by atomic mass is 9.96. The summed E-state index contributed by atoms with van der Waals surface area (Å²) in [7, 11) is 4.21. The van der Waals surface area contributed by atoms with Gasteiger partial charge in [-0.3, -0.25) is 9.78 Å². The summed E-state index contributed by atoms with van der Waals surface area (Å²) in [5.41, 5.74) is 2.85. The van der Waals surface area contributed by atoms with E-state index in [0.29, 0.717) is 17.2 Å². The number of amides is 1. The summed E-state index contributed by atoms with van der Waals surface area (Å²) in [5.74, 6) is -0.141.